The van der Waals surface area contributed by atoms with Crippen LogP contribution in [0.3, 0.4) is 0 Å². The van der Waals surface area contributed by atoms with Gasteiger partial charge in [0, 0.05) is 0 Å². The van der Waals surface area contributed by atoms with Crippen LogP contribution in [-0.4, -0.2) is 27.6 Å². The Labute approximate surface area is 160 Å². The summed E-state index contributed by atoms with van der Waals surface area (Å²) in [6.45, 7) is 2.27. The normalized spacial score (nSPS) is 14.8. The van der Waals surface area contributed by atoms with Crippen LogP contribution in [0.25, 0.3) is 16.8 Å². The summed E-state index contributed by atoms with van der Waals surface area (Å²) < 4.78 is 7.77. The fourth-order valence-corrected chi connectivity index (χ4v) is 3.55. The first kappa shape index (κ1) is 17.0. The first-order valence-corrected chi connectivity index (χ1v) is 9.38. The van der Waals surface area contributed by atoms with E-state index >= 15 is 0 Å². The average molecular weight is 412 g/mol. The molecular weight excluding hydrogens is 394 g/mol. The van der Waals surface area contributed by atoms with Crippen LogP contribution in [0.2, 0.25) is 0 Å². The minimum absolute atomic E-state index is 0.101. The number of nitrogens with zero attached hydrogens (tertiary/aromatic N) is 3. The van der Waals surface area contributed by atoms with Gasteiger partial charge in [0.2, 0.25) is 0 Å². The lowest BCUT2D eigenvalue weighted by molar-refractivity contribution is -0.146. The number of halogens is 1. The van der Waals surface area contributed by atoms with E-state index in [1.807, 2.05) is 31.2 Å². The summed E-state index contributed by atoms with van der Waals surface area (Å²) in [5, 5.41) is 7.91. The lowest BCUT2D eigenvalue weighted by Crippen LogP contribution is -2.23. The van der Waals surface area contributed by atoms with Gasteiger partial charge >= 0.3 is 5.97 Å². The number of carbonyl (C=O) groups excluding carboxylic acids is 1. The average Bonchev–Trinajstić information content (AvgIpc) is 3.38. The predicted molar refractivity (Wildman–Crippen MR) is 102 cm³/mol. The summed E-state index contributed by atoms with van der Waals surface area (Å²) in [5.74, 6) is -0.101. The van der Waals surface area contributed by atoms with Gasteiger partial charge in [0.1, 0.15) is 4.60 Å². The molecule has 4 rings (SSSR count). The van der Waals surface area contributed by atoms with Gasteiger partial charge in [-0.05, 0) is 64.5 Å². The van der Waals surface area contributed by atoms with Crippen LogP contribution < -0.4 is 0 Å². The van der Waals surface area contributed by atoms with E-state index in [1.165, 1.54) is 0 Å². The van der Waals surface area contributed by atoms with E-state index in [0.29, 0.717) is 6.61 Å². The Morgan fingerprint density at radius 1 is 1.12 bits per heavy atom. The van der Waals surface area contributed by atoms with Crippen LogP contribution in [0.5, 0.6) is 0 Å². The van der Waals surface area contributed by atoms with E-state index in [0.717, 1.165) is 39.8 Å². The summed E-state index contributed by atoms with van der Waals surface area (Å²) in [6, 6.07) is 16.3. The van der Waals surface area contributed by atoms with Crippen LogP contribution in [-0.2, 0) is 14.9 Å². The number of benzene rings is 2. The maximum atomic E-state index is 12.2. The number of ether oxygens (including phenoxy) is 1. The van der Waals surface area contributed by atoms with Crippen molar-refractivity contribution in [3.63, 3.8) is 0 Å². The molecule has 2 aromatic carbocycles. The number of carbonyl (C=O) groups is 1. The van der Waals surface area contributed by atoms with Crippen molar-refractivity contribution in [1.82, 2.24) is 15.0 Å². The number of hydrogen-bond acceptors (Lipinski definition) is 4. The fraction of sp³-hybridized carbons (Fsp3) is 0.250. The lowest BCUT2D eigenvalue weighted by Gasteiger charge is -2.14. The minimum atomic E-state index is -0.419. The summed E-state index contributed by atoms with van der Waals surface area (Å²) in [4.78, 5) is 12.2. The van der Waals surface area contributed by atoms with Crippen LogP contribution in [0.1, 0.15) is 25.3 Å². The van der Waals surface area contributed by atoms with Crippen molar-refractivity contribution in [2.45, 2.75) is 25.2 Å². The van der Waals surface area contributed by atoms with Gasteiger partial charge in [-0.1, -0.05) is 41.6 Å². The quantitative estimate of drug-likeness (QED) is 0.587. The molecule has 1 aliphatic rings. The Balaban J connectivity index is 1.56. The minimum Gasteiger partial charge on any atom is -0.465 e. The maximum absolute atomic E-state index is 12.2. The summed E-state index contributed by atoms with van der Waals surface area (Å²) in [7, 11) is 0. The van der Waals surface area contributed by atoms with Gasteiger partial charge in [-0.2, -0.15) is 0 Å². The Bertz CT molecular complexity index is 928. The molecule has 0 bridgehead atoms. The standard InChI is InChI=1S/C20H18BrN3O2/c1-2-26-19(25)20(11-12-20)16-7-3-14(4-8-16)15-5-9-17(10-6-15)24-18(21)13-22-23-24/h3-10,13H,2,11-12H2,1H3. The Kier molecular flexibility index (Phi) is 4.36. The molecular formula is C20H18BrN3O2. The van der Waals surface area contributed by atoms with Crippen molar-refractivity contribution in [2.75, 3.05) is 6.61 Å². The molecule has 0 unspecified atom stereocenters. The molecule has 0 atom stereocenters. The number of hydrogen-bond donors (Lipinski definition) is 0. The van der Waals surface area contributed by atoms with E-state index in [-0.39, 0.29) is 5.97 Å². The van der Waals surface area contributed by atoms with Crippen molar-refractivity contribution < 1.29 is 9.53 Å². The van der Waals surface area contributed by atoms with E-state index in [1.54, 1.807) is 10.9 Å². The summed E-state index contributed by atoms with van der Waals surface area (Å²) >= 11 is 3.42. The third-order valence-electron chi connectivity index (χ3n) is 4.81. The number of rotatable bonds is 5. The van der Waals surface area contributed by atoms with Crippen molar-refractivity contribution in [3.05, 3.63) is 64.9 Å². The molecule has 0 aliphatic heterocycles. The molecule has 1 heterocycles. The molecule has 0 spiro atoms. The zero-order valence-corrected chi connectivity index (χ0v) is 15.9. The maximum Gasteiger partial charge on any atom is 0.316 e. The Morgan fingerprint density at radius 3 is 2.23 bits per heavy atom. The molecule has 1 saturated carbocycles. The topological polar surface area (TPSA) is 57.0 Å². The number of esters is 1. The second-order valence-corrected chi connectivity index (χ2v) is 7.21. The molecule has 0 amide bonds. The predicted octanol–water partition coefficient (Wildman–Crippen LogP) is 4.29. The molecule has 132 valence electrons. The van der Waals surface area contributed by atoms with E-state index in [9.17, 15) is 4.79 Å². The second-order valence-electron chi connectivity index (χ2n) is 6.40. The Hall–Kier alpha value is -2.47. The summed E-state index contributed by atoms with van der Waals surface area (Å²) in [6.07, 6.45) is 3.39. The van der Waals surface area contributed by atoms with E-state index < -0.39 is 5.41 Å². The highest BCUT2D eigenvalue weighted by atomic mass is 79.9. The number of aromatic nitrogens is 3. The molecule has 1 aromatic heterocycles. The van der Waals surface area contributed by atoms with Gasteiger partial charge < -0.3 is 4.74 Å². The molecule has 26 heavy (non-hydrogen) atoms. The fourth-order valence-electron chi connectivity index (χ4n) is 3.18. The first-order valence-electron chi connectivity index (χ1n) is 8.59. The third-order valence-corrected chi connectivity index (χ3v) is 5.35. The van der Waals surface area contributed by atoms with Gasteiger partial charge in [0.05, 0.1) is 23.9 Å². The van der Waals surface area contributed by atoms with Crippen molar-refractivity contribution in [2.24, 2.45) is 0 Å². The highest BCUT2D eigenvalue weighted by molar-refractivity contribution is 9.10. The van der Waals surface area contributed by atoms with Gasteiger partial charge in [-0.25, -0.2) is 4.68 Å². The molecule has 5 nitrogen and oxygen atoms in total. The Morgan fingerprint density at radius 2 is 1.73 bits per heavy atom. The molecule has 1 fully saturated rings. The molecule has 0 radical (unpaired) electrons. The molecule has 6 heteroatoms. The highest BCUT2D eigenvalue weighted by Crippen LogP contribution is 2.49. The smallest absolute Gasteiger partial charge is 0.316 e. The van der Waals surface area contributed by atoms with E-state index in [2.05, 4.69) is 50.5 Å². The lowest BCUT2D eigenvalue weighted by atomic mass is 9.93. The largest absolute Gasteiger partial charge is 0.465 e. The van der Waals surface area contributed by atoms with Crippen LogP contribution >= 0.6 is 15.9 Å². The molecule has 0 saturated heterocycles. The molecule has 1 aliphatic carbocycles. The van der Waals surface area contributed by atoms with Gasteiger partial charge in [-0.15, -0.1) is 5.10 Å². The SMILES string of the molecule is CCOC(=O)C1(c2ccc(-c3ccc(-n4nncc4Br)cc3)cc2)CC1. The van der Waals surface area contributed by atoms with Crippen LogP contribution in [0.4, 0.5) is 0 Å². The zero-order valence-electron chi connectivity index (χ0n) is 14.4. The van der Waals surface area contributed by atoms with Gasteiger partial charge in [0.25, 0.3) is 0 Å². The van der Waals surface area contributed by atoms with Crippen LogP contribution in [0, 0.1) is 0 Å². The van der Waals surface area contributed by atoms with Crippen molar-refractivity contribution in [1.29, 1.82) is 0 Å². The monoisotopic (exact) mass is 411 g/mol. The molecule has 0 N–H and O–H groups in total. The third kappa shape index (κ3) is 2.94. The van der Waals surface area contributed by atoms with Crippen molar-refractivity contribution in [3.8, 4) is 16.8 Å². The second kappa shape index (κ2) is 6.68. The van der Waals surface area contributed by atoms with Crippen molar-refractivity contribution >= 4 is 21.9 Å². The first-order chi connectivity index (χ1) is 12.6. The van der Waals surface area contributed by atoms with Crippen LogP contribution in [0.15, 0.2) is 59.3 Å². The molecule has 3 aromatic rings. The van der Waals surface area contributed by atoms with Gasteiger partial charge in [-0.3, -0.25) is 4.79 Å². The summed E-state index contributed by atoms with van der Waals surface area (Å²) in [5.41, 5.74) is 3.78. The zero-order chi connectivity index (χ0) is 18.1. The highest BCUT2D eigenvalue weighted by Gasteiger charge is 2.52. The van der Waals surface area contributed by atoms with E-state index in [4.69, 9.17) is 4.74 Å². The van der Waals surface area contributed by atoms with Gasteiger partial charge in [0.15, 0.2) is 0 Å².